The van der Waals surface area contributed by atoms with Crippen molar-refractivity contribution in [2.75, 3.05) is 32.1 Å². The zero-order chi connectivity index (χ0) is 12.6. The molecular formula is C13H30N2S. The number of rotatable bonds is 9. The van der Waals surface area contributed by atoms with E-state index in [1.807, 2.05) is 11.8 Å². The molecule has 0 amide bonds. The molecule has 0 aliphatic heterocycles. The van der Waals surface area contributed by atoms with Crippen molar-refractivity contribution in [3.05, 3.63) is 0 Å². The predicted molar refractivity (Wildman–Crippen MR) is 77.2 cm³/mol. The normalized spacial score (nSPS) is 17.4. The average Bonchev–Trinajstić information content (AvgIpc) is 2.32. The zero-order valence-corrected chi connectivity index (χ0v) is 12.6. The molecule has 0 aromatic rings. The summed E-state index contributed by atoms with van der Waals surface area (Å²) >= 11 is 1.91. The molecule has 2 nitrogen and oxygen atoms in total. The Kier molecular flexibility index (Phi) is 8.52. The Morgan fingerprint density at radius 3 is 2.38 bits per heavy atom. The van der Waals surface area contributed by atoms with Crippen molar-refractivity contribution in [1.29, 1.82) is 0 Å². The van der Waals surface area contributed by atoms with Crippen molar-refractivity contribution in [3.8, 4) is 0 Å². The van der Waals surface area contributed by atoms with Crippen molar-refractivity contribution in [2.45, 2.75) is 45.6 Å². The Hall–Kier alpha value is 0.270. The summed E-state index contributed by atoms with van der Waals surface area (Å²) in [6, 6.07) is 0. The Labute approximate surface area is 106 Å². The minimum Gasteiger partial charge on any atom is -0.329 e. The second-order valence-corrected chi connectivity index (χ2v) is 5.90. The maximum atomic E-state index is 6.05. The molecule has 0 saturated carbocycles. The van der Waals surface area contributed by atoms with Crippen LogP contribution in [0.25, 0.3) is 0 Å². The molecule has 0 aliphatic rings. The van der Waals surface area contributed by atoms with E-state index in [1.54, 1.807) is 0 Å². The molecule has 0 aromatic heterocycles. The standard InChI is InChI=1S/C13H30N2S/c1-6-12(3)10-13(7-2,11-14)15(4)8-9-16-5/h12H,6-11,14H2,1-5H3. The van der Waals surface area contributed by atoms with E-state index in [-0.39, 0.29) is 5.54 Å². The zero-order valence-electron chi connectivity index (χ0n) is 11.8. The largest absolute Gasteiger partial charge is 0.329 e. The maximum Gasteiger partial charge on any atom is 0.0328 e. The van der Waals surface area contributed by atoms with E-state index in [9.17, 15) is 0 Å². The molecule has 0 saturated heterocycles. The fourth-order valence-corrected chi connectivity index (χ4v) is 2.67. The SMILES string of the molecule is CCC(C)CC(CC)(CN)N(C)CCSC. The first-order valence-corrected chi connectivity index (χ1v) is 7.85. The Morgan fingerprint density at radius 2 is 2.00 bits per heavy atom. The summed E-state index contributed by atoms with van der Waals surface area (Å²) < 4.78 is 0. The molecule has 0 heterocycles. The van der Waals surface area contributed by atoms with E-state index < -0.39 is 0 Å². The maximum absolute atomic E-state index is 6.05. The van der Waals surface area contributed by atoms with Gasteiger partial charge >= 0.3 is 0 Å². The molecule has 0 rings (SSSR count). The van der Waals surface area contributed by atoms with Crippen LogP contribution in [0.1, 0.15) is 40.0 Å². The van der Waals surface area contributed by atoms with E-state index in [2.05, 4.69) is 39.0 Å². The average molecular weight is 246 g/mol. The lowest BCUT2D eigenvalue weighted by Crippen LogP contribution is -2.53. The molecule has 0 fully saturated rings. The van der Waals surface area contributed by atoms with Crippen LogP contribution < -0.4 is 5.73 Å². The van der Waals surface area contributed by atoms with Crippen LogP contribution in [0, 0.1) is 5.92 Å². The van der Waals surface area contributed by atoms with Crippen LogP contribution in [-0.4, -0.2) is 42.6 Å². The summed E-state index contributed by atoms with van der Waals surface area (Å²) in [5.74, 6) is 1.96. The third-order valence-electron chi connectivity index (χ3n) is 3.90. The minimum atomic E-state index is 0.213. The van der Waals surface area contributed by atoms with Gasteiger partial charge in [-0.25, -0.2) is 0 Å². The topological polar surface area (TPSA) is 29.3 Å². The van der Waals surface area contributed by atoms with Crippen molar-refractivity contribution < 1.29 is 0 Å². The quantitative estimate of drug-likeness (QED) is 0.678. The first kappa shape index (κ1) is 16.3. The highest BCUT2D eigenvalue weighted by molar-refractivity contribution is 7.98. The molecule has 0 spiro atoms. The number of hydrogen-bond acceptors (Lipinski definition) is 3. The summed E-state index contributed by atoms with van der Waals surface area (Å²) in [5, 5.41) is 0. The third kappa shape index (κ3) is 4.64. The monoisotopic (exact) mass is 246 g/mol. The number of hydrogen-bond donors (Lipinski definition) is 1. The Morgan fingerprint density at radius 1 is 1.38 bits per heavy atom. The van der Waals surface area contributed by atoms with Crippen LogP contribution in [0.2, 0.25) is 0 Å². The van der Waals surface area contributed by atoms with Gasteiger partial charge in [-0.3, -0.25) is 4.90 Å². The summed E-state index contributed by atoms with van der Waals surface area (Å²) in [6.45, 7) is 8.79. The lowest BCUT2D eigenvalue weighted by atomic mass is 9.83. The fourth-order valence-electron chi connectivity index (χ4n) is 2.21. The molecule has 2 unspecified atom stereocenters. The molecule has 0 radical (unpaired) electrons. The fraction of sp³-hybridized carbons (Fsp3) is 1.00. The summed E-state index contributed by atoms with van der Waals surface area (Å²) in [7, 11) is 2.23. The first-order chi connectivity index (χ1) is 7.56. The van der Waals surface area contributed by atoms with E-state index in [4.69, 9.17) is 5.73 Å². The van der Waals surface area contributed by atoms with Gasteiger partial charge in [-0.1, -0.05) is 27.2 Å². The molecule has 0 bridgehead atoms. The number of nitrogens with zero attached hydrogens (tertiary/aromatic N) is 1. The van der Waals surface area contributed by atoms with Gasteiger partial charge in [0.15, 0.2) is 0 Å². The first-order valence-electron chi connectivity index (χ1n) is 6.46. The summed E-state index contributed by atoms with van der Waals surface area (Å²) in [5.41, 5.74) is 6.26. The summed E-state index contributed by atoms with van der Waals surface area (Å²) in [4.78, 5) is 2.48. The Bertz CT molecular complexity index is 169. The van der Waals surface area contributed by atoms with Crippen molar-refractivity contribution in [1.82, 2.24) is 4.90 Å². The van der Waals surface area contributed by atoms with Gasteiger partial charge in [0.1, 0.15) is 0 Å². The van der Waals surface area contributed by atoms with Crippen LogP contribution in [0.4, 0.5) is 0 Å². The van der Waals surface area contributed by atoms with Crippen LogP contribution in [0.3, 0.4) is 0 Å². The van der Waals surface area contributed by atoms with Gasteiger partial charge in [-0.05, 0) is 32.1 Å². The van der Waals surface area contributed by atoms with Crippen molar-refractivity contribution in [2.24, 2.45) is 11.7 Å². The van der Waals surface area contributed by atoms with Gasteiger partial charge in [-0.2, -0.15) is 11.8 Å². The number of nitrogens with two attached hydrogens (primary N) is 1. The van der Waals surface area contributed by atoms with E-state index in [0.29, 0.717) is 0 Å². The highest BCUT2D eigenvalue weighted by Crippen LogP contribution is 2.27. The van der Waals surface area contributed by atoms with Crippen LogP contribution in [0.15, 0.2) is 0 Å². The van der Waals surface area contributed by atoms with E-state index in [0.717, 1.165) is 25.4 Å². The van der Waals surface area contributed by atoms with Gasteiger partial charge < -0.3 is 5.73 Å². The highest BCUT2D eigenvalue weighted by atomic mass is 32.2. The lowest BCUT2D eigenvalue weighted by Gasteiger charge is -2.42. The van der Waals surface area contributed by atoms with Crippen molar-refractivity contribution >= 4 is 11.8 Å². The molecule has 2 atom stereocenters. The highest BCUT2D eigenvalue weighted by Gasteiger charge is 2.32. The number of thioether (sulfide) groups is 1. The third-order valence-corrected chi connectivity index (χ3v) is 4.49. The van der Waals surface area contributed by atoms with Gasteiger partial charge in [0.2, 0.25) is 0 Å². The van der Waals surface area contributed by atoms with Gasteiger partial charge in [0.05, 0.1) is 0 Å². The molecule has 98 valence electrons. The lowest BCUT2D eigenvalue weighted by molar-refractivity contribution is 0.0994. The molecule has 0 aliphatic carbocycles. The molecular weight excluding hydrogens is 216 g/mol. The predicted octanol–water partition coefficient (Wildman–Crippen LogP) is 2.82. The minimum absolute atomic E-state index is 0.213. The molecule has 2 N–H and O–H groups in total. The summed E-state index contributed by atoms with van der Waals surface area (Å²) in [6.07, 6.45) is 5.79. The van der Waals surface area contributed by atoms with E-state index in [1.165, 1.54) is 18.6 Å². The number of likely N-dealkylation sites (N-methyl/N-ethyl adjacent to an activating group) is 1. The van der Waals surface area contributed by atoms with Crippen LogP contribution in [0.5, 0.6) is 0 Å². The second-order valence-electron chi connectivity index (χ2n) is 4.91. The Balaban J connectivity index is 4.51. The van der Waals surface area contributed by atoms with Gasteiger partial charge in [0, 0.05) is 24.4 Å². The second kappa shape index (κ2) is 8.37. The van der Waals surface area contributed by atoms with E-state index >= 15 is 0 Å². The van der Waals surface area contributed by atoms with Gasteiger partial charge in [-0.15, -0.1) is 0 Å². The van der Waals surface area contributed by atoms with Gasteiger partial charge in [0.25, 0.3) is 0 Å². The molecule has 0 aromatic carbocycles. The van der Waals surface area contributed by atoms with Crippen molar-refractivity contribution in [3.63, 3.8) is 0 Å². The van der Waals surface area contributed by atoms with Crippen LogP contribution in [-0.2, 0) is 0 Å². The molecule has 16 heavy (non-hydrogen) atoms. The molecule has 3 heteroatoms. The smallest absolute Gasteiger partial charge is 0.0328 e. The van der Waals surface area contributed by atoms with Crippen LogP contribution >= 0.6 is 11.8 Å².